The van der Waals surface area contributed by atoms with Gasteiger partial charge in [0.1, 0.15) is 5.15 Å². The summed E-state index contributed by atoms with van der Waals surface area (Å²) in [5.41, 5.74) is 5.50. The third-order valence-corrected chi connectivity index (χ3v) is 3.54. The Morgan fingerprint density at radius 2 is 2.26 bits per heavy atom. The molecule has 6 nitrogen and oxygen atoms in total. The highest BCUT2D eigenvalue weighted by Gasteiger charge is 2.34. The minimum absolute atomic E-state index is 0.0897. The molecule has 104 valence electrons. The zero-order chi connectivity index (χ0) is 13.9. The molecule has 1 amide bonds. The Balaban J connectivity index is 2.17. The van der Waals surface area contributed by atoms with Gasteiger partial charge in [-0.2, -0.15) is 0 Å². The molecular weight excluding hydrogens is 270 g/mol. The molecule has 19 heavy (non-hydrogen) atoms. The Labute approximate surface area is 115 Å². The number of ether oxygens (including phenoxy) is 1. The van der Waals surface area contributed by atoms with Gasteiger partial charge in [0.15, 0.2) is 0 Å². The molecule has 1 aromatic rings. The molecule has 7 heteroatoms. The first-order chi connectivity index (χ1) is 9.06. The maximum absolute atomic E-state index is 12.2. The van der Waals surface area contributed by atoms with E-state index in [9.17, 15) is 9.90 Å². The van der Waals surface area contributed by atoms with Gasteiger partial charge in [0.25, 0.3) is 5.91 Å². The molecule has 1 saturated heterocycles. The molecule has 0 atom stereocenters. The average Bonchev–Trinajstić information content (AvgIpc) is 2.42. The van der Waals surface area contributed by atoms with Crippen LogP contribution in [0.1, 0.15) is 23.2 Å². The molecule has 2 rings (SSSR count). The van der Waals surface area contributed by atoms with E-state index >= 15 is 0 Å². The molecule has 1 fully saturated rings. The second-order valence-corrected chi connectivity index (χ2v) is 4.97. The van der Waals surface area contributed by atoms with Gasteiger partial charge < -0.3 is 20.9 Å². The molecule has 0 spiro atoms. The number of carbonyl (C=O) groups is 1. The SMILES string of the molecule is Nc1cnc(Cl)c(C(=O)NC2(CO)CCOCC2)c1. The van der Waals surface area contributed by atoms with Crippen molar-refractivity contribution in [2.45, 2.75) is 18.4 Å². The van der Waals surface area contributed by atoms with Crippen molar-refractivity contribution in [1.29, 1.82) is 0 Å². The predicted molar refractivity (Wildman–Crippen MR) is 71.0 cm³/mol. The van der Waals surface area contributed by atoms with Crippen LogP contribution in [-0.4, -0.2) is 41.4 Å². The van der Waals surface area contributed by atoms with E-state index in [1.54, 1.807) is 0 Å². The number of nitrogen functional groups attached to an aromatic ring is 1. The standard InChI is InChI=1S/C12H16ClN3O3/c13-10-9(5-8(14)6-15-10)11(18)16-12(7-17)1-3-19-4-2-12/h5-6,17H,1-4,7,14H2,(H,16,18). The Morgan fingerprint density at radius 1 is 1.58 bits per heavy atom. The lowest BCUT2D eigenvalue weighted by Crippen LogP contribution is -2.54. The lowest BCUT2D eigenvalue weighted by atomic mass is 9.90. The van der Waals surface area contributed by atoms with Crippen LogP contribution in [0, 0.1) is 0 Å². The van der Waals surface area contributed by atoms with Crippen molar-refractivity contribution < 1.29 is 14.6 Å². The van der Waals surface area contributed by atoms with Gasteiger partial charge in [-0.15, -0.1) is 0 Å². The molecule has 0 saturated carbocycles. The maximum atomic E-state index is 12.2. The minimum Gasteiger partial charge on any atom is -0.397 e. The van der Waals surface area contributed by atoms with Crippen molar-refractivity contribution in [2.24, 2.45) is 0 Å². The smallest absolute Gasteiger partial charge is 0.255 e. The summed E-state index contributed by atoms with van der Waals surface area (Å²) in [4.78, 5) is 16.0. The third-order valence-electron chi connectivity index (χ3n) is 3.24. The summed E-state index contributed by atoms with van der Waals surface area (Å²) in [7, 11) is 0. The number of rotatable bonds is 3. The molecule has 0 unspecified atom stereocenters. The van der Waals surface area contributed by atoms with Gasteiger partial charge in [-0.25, -0.2) is 4.98 Å². The summed E-state index contributed by atoms with van der Waals surface area (Å²) < 4.78 is 5.24. The van der Waals surface area contributed by atoms with E-state index in [1.807, 2.05) is 0 Å². The first-order valence-corrected chi connectivity index (χ1v) is 6.36. The van der Waals surface area contributed by atoms with Crippen molar-refractivity contribution in [2.75, 3.05) is 25.6 Å². The van der Waals surface area contributed by atoms with Crippen LogP contribution in [-0.2, 0) is 4.74 Å². The lowest BCUT2D eigenvalue weighted by molar-refractivity contribution is 0.0125. The average molecular weight is 286 g/mol. The number of hydrogen-bond acceptors (Lipinski definition) is 5. The predicted octanol–water partition coefficient (Wildman–Crippen LogP) is 0.588. The molecule has 1 aliphatic rings. The number of hydrogen-bond donors (Lipinski definition) is 3. The summed E-state index contributed by atoms with van der Waals surface area (Å²) in [6.45, 7) is 0.864. The van der Waals surface area contributed by atoms with Crippen LogP contribution in [0.3, 0.4) is 0 Å². The zero-order valence-corrected chi connectivity index (χ0v) is 11.1. The van der Waals surface area contributed by atoms with E-state index in [2.05, 4.69) is 10.3 Å². The third kappa shape index (κ3) is 3.15. The lowest BCUT2D eigenvalue weighted by Gasteiger charge is -2.36. The van der Waals surface area contributed by atoms with E-state index < -0.39 is 5.54 Å². The Hall–Kier alpha value is -1.37. The van der Waals surface area contributed by atoms with Crippen molar-refractivity contribution in [3.05, 3.63) is 23.0 Å². The number of nitrogens with one attached hydrogen (secondary N) is 1. The monoisotopic (exact) mass is 285 g/mol. The second kappa shape index (κ2) is 5.73. The van der Waals surface area contributed by atoms with E-state index in [-0.39, 0.29) is 23.2 Å². The molecule has 1 aliphatic heterocycles. The Morgan fingerprint density at radius 3 is 2.89 bits per heavy atom. The molecule has 0 aromatic carbocycles. The maximum Gasteiger partial charge on any atom is 0.255 e. The van der Waals surface area contributed by atoms with Crippen molar-refractivity contribution in [1.82, 2.24) is 10.3 Å². The summed E-state index contributed by atoms with van der Waals surface area (Å²) in [6, 6.07) is 1.47. The second-order valence-electron chi connectivity index (χ2n) is 4.61. The number of amides is 1. The van der Waals surface area contributed by atoms with Gasteiger partial charge in [-0.1, -0.05) is 11.6 Å². The topological polar surface area (TPSA) is 97.5 Å². The first kappa shape index (κ1) is 14.0. The fourth-order valence-corrected chi connectivity index (χ4v) is 2.21. The van der Waals surface area contributed by atoms with Crippen LogP contribution in [0.15, 0.2) is 12.3 Å². The van der Waals surface area contributed by atoms with Gasteiger partial charge in [0.2, 0.25) is 0 Å². The molecular formula is C12H16ClN3O3. The van der Waals surface area contributed by atoms with E-state index in [0.717, 1.165) is 0 Å². The van der Waals surface area contributed by atoms with Crippen LogP contribution in [0.4, 0.5) is 5.69 Å². The molecule has 0 radical (unpaired) electrons. The summed E-state index contributed by atoms with van der Waals surface area (Å²) in [5, 5.41) is 12.4. The molecule has 2 heterocycles. The van der Waals surface area contributed by atoms with Crippen molar-refractivity contribution in [3.63, 3.8) is 0 Å². The van der Waals surface area contributed by atoms with Gasteiger partial charge in [0.05, 0.1) is 29.6 Å². The first-order valence-electron chi connectivity index (χ1n) is 5.98. The summed E-state index contributed by atoms with van der Waals surface area (Å²) >= 11 is 5.88. The minimum atomic E-state index is -0.663. The molecule has 4 N–H and O–H groups in total. The van der Waals surface area contributed by atoms with Crippen LogP contribution in [0.25, 0.3) is 0 Å². The van der Waals surface area contributed by atoms with Gasteiger partial charge >= 0.3 is 0 Å². The number of nitrogens with two attached hydrogens (primary N) is 1. The van der Waals surface area contributed by atoms with Crippen LogP contribution >= 0.6 is 11.6 Å². The molecule has 1 aromatic heterocycles. The van der Waals surface area contributed by atoms with E-state index in [0.29, 0.717) is 31.7 Å². The largest absolute Gasteiger partial charge is 0.397 e. The zero-order valence-electron chi connectivity index (χ0n) is 10.4. The summed E-state index contributed by atoms with van der Waals surface area (Å²) in [5.74, 6) is -0.388. The number of aliphatic hydroxyl groups is 1. The number of pyridine rings is 1. The van der Waals surface area contributed by atoms with E-state index in [4.69, 9.17) is 22.1 Å². The fraction of sp³-hybridized carbons (Fsp3) is 0.500. The Bertz CT molecular complexity index is 475. The van der Waals surface area contributed by atoms with Gasteiger partial charge in [-0.3, -0.25) is 4.79 Å². The quantitative estimate of drug-likeness (QED) is 0.706. The number of anilines is 1. The Kier molecular flexibility index (Phi) is 4.24. The van der Waals surface area contributed by atoms with Crippen molar-refractivity contribution >= 4 is 23.2 Å². The number of halogens is 1. The fourth-order valence-electron chi connectivity index (χ4n) is 2.02. The van der Waals surface area contributed by atoms with Gasteiger partial charge in [0, 0.05) is 13.2 Å². The number of aliphatic hydroxyl groups excluding tert-OH is 1. The number of aromatic nitrogens is 1. The number of nitrogens with zero attached hydrogens (tertiary/aromatic N) is 1. The van der Waals surface area contributed by atoms with Gasteiger partial charge in [-0.05, 0) is 18.9 Å². The number of carbonyl (C=O) groups excluding carboxylic acids is 1. The van der Waals surface area contributed by atoms with Crippen molar-refractivity contribution in [3.8, 4) is 0 Å². The van der Waals surface area contributed by atoms with Crippen LogP contribution in [0.5, 0.6) is 0 Å². The molecule has 0 aliphatic carbocycles. The van der Waals surface area contributed by atoms with Crippen LogP contribution in [0.2, 0.25) is 5.15 Å². The normalized spacial score (nSPS) is 18.0. The highest BCUT2D eigenvalue weighted by Crippen LogP contribution is 2.22. The highest BCUT2D eigenvalue weighted by molar-refractivity contribution is 6.32. The van der Waals surface area contributed by atoms with Crippen LogP contribution < -0.4 is 11.1 Å². The molecule has 0 bridgehead atoms. The highest BCUT2D eigenvalue weighted by atomic mass is 35.5. The summed E-state index contributed by atoms with van der Waals surface area (Å²) in [6.07, 6.45) is 2.50. The van der Waals surface area contributed by atoms with E-state index in [1.165, 1.54) is 12.3 Å².